The van der Waals surface area contributed by atoms with Crippen LogP contribution in [0.3, 0.4) is 0 Å². The van der Waals surface area contributed by atoms with Crippen molar-refractivity contribution in [1.29, 1.82) is 0 Å². The van der Waals surface area contributed by atoms with Crippen LogP contribution in [0, 0.1) is 0 Å². The summed E-state index contributed by atoms with van der Waals surface area (Å²) in [5.74, 6) is -0.958. The third-order valence-corrected chi connectivity index (χ3v) is 3.06. The number of para-hydroxylation sites is 1. The first-order valence-corrected chi connectivity index (χ1v) is 6.42. The Hall–Kier alpha value is -2.39. The SMILES string of the molecule is FC(F)(F)Oc1ccccc1-c1ccc(C(F)(F)F)cc1C(F)(F)F. The lowest BCUT2D eigenvalue weighted by Gasteiger charge is -2.18. The molecule has 136 valence electrons. The summed E-state index contributed by atoms with van der Waals surface area (Å²) < 4.78 is 118. The Morgan fingerprint density at radius 3 is 1.76 bits per heavy atom. The van der Waals surface area contributed by atoms with Crippen LogP contribution in [0.25, 0.3) is 11.1 Å². The van der Waals surface area contributed by atoms with Crippen molar-refractivity contribution in [2.75, 3.05) is 0 Å². The molecule has 0 N–H and O–H groups in total. The fourth-order valence-electron chi connectivity index (χ4n) is 2.09. The molecule has 0 aromatic heterocycles. The molecule has 1 nitrogen and oxygen atoms in total. The molecule has 25 heavy (non-hydrogen) atoms. The molecule has 10 heteroatoms. The summed E-state index contributed by atoms with van der Waals surface area (Å²) in [6.45, 7) is 0. The number of halogens is 9. The monoisotopic (exact) mass is 374 g/mol. The van der Waals surface area contributed by atoms with Gasteiger partial charge in [-0.3, -0.25) is 0 Å². The van der Waals surface area contributed by atoms with Crippen molar-refractivity contribution in [2.24, 2.45) is 0 Å². The van der Waals surface area contributed by atoms with E-state index in [0.29, 0.717) is 12.1 Å². The highest BCUT2D eigenvalue weighted by Gasteiger charge is 2.39. The molecule has 0 aliphatic heterocycles. The normalized spacial score (nSPS) is 13.0. The minimum absolute atomic E-state index is 0.153. The Bertz CT molecular complexity index is 757. The van der Waals surface area contributed by atoms with Gasteiger partial charge in [0.2, 0.25) is 0 Å². The van der Waals surface area contributed by atoms with Crippen molar-refractivity contribution in [3.05, 3.63) is 53.6 Å². The number of hydrogen-bond donors (Lipinski definition) is 0. The predicted octanol–water partition coefficient (Wildman–Crippen LogP) is 6.29. The molecular weight excluding hydrogens is 367 g/mol. The molecule has 0 unspecified atom stereocenters. The van der Waals surface area contributed by atoms with Gasteiger partial charge in [0, 0.05) is 5.56 Å². The zero-order valence-electron chi connectivity index (χ0n) is 11.9. The number of rotatable bonds is 2. The zero-order valence-corrected chi connectivity index (χ0v) is 11.9. The van der Waals surface area contributed by atoms with Crippen molar-refractivity contribution in [3.8, 4) is 16.9 Å². The second-order valence-electron chi connectivity index (χ2n) is 4.80. The second kappa shape index (κ2) is 6.16. The molecule has 0 atom stereocenters. The smallest absolute Gasteiger partial charge is 0.405 e. The Balaban J connectivity index is 2.68. The molecule has 2 aromatic carbocycles. The van der Waals surface area contributed by atoms with Crippen molar-refractivity contribution in [3.63, 3.8) is 0 Å². The minimum atomic E-state index is -5.22. The van der Waals surface area contributed by atoms with Crippen LogP contribution >= 0.6 is 0 Å². The van der Waals surface area contributed by atoms with Crippen LogP contribution < -0.4 is 4.74 Å². The summed E-state index contributed by atoms with van der Waals surface area (Å²) in [7, 11) is 0. The molecule has 0 saturated heterocycles. The summed E-state index contributed by atoms with van der Waals surface area (Å²) >= 11 is 0. The maximum Gasteiger partial charge on any atom is 0.573 e. The summed E-state index contributed by atoms with van der Waals surface area (Å²) in [6.07, 6.45) is -15.4. The van der Waals surface area contributed by atoms with E-state index in [9.17, 15) is 39.5 Å². The molecule has 2 rings (SSSR count). The fourth-order valence-corrected chi connectivity index (χ4v) is 2.09. The van der Waals surface area contributed by atoms with Gasteiger partial charge in [0.05, 0.1) is 11.1 Å². The van der Waals surface area contributed by atoms with E-state index in [1.807, 2.05) is 0 Å². The minimum Gasteiger partial charge on any atom is -0.405 e. The fraction of sp³-hybridized carbons (Fsp3) is 0.200. The van der Waals surface area contributed by atoms with E-state index in [2.05, 4.69) is 4.74 Å². The maximum absolute atomic E-state index is 13.1. The largest absolute Gasteiger partial charge is 0.573 e. The summed E-state index contributed by atoms with van der Waals surface area (Å²) in [4.78, 5) is 0. The van der Waals surface area contributed by atoms with Gasteiger partial charge >= 0.3 is 18.7 Å². The highest BCUT2D eigenvalue weighted by Crippen LogP contribution is 2.43. The Labute approximate surface area is 134 Å². The summed E-state index contributed by atoms with van der Waals surface area (Å²) in [5, 5.41) is 0. The molecule has 0 bridgehead atoms. The quantitative estimate of drug-likeness (QED) is 0.562. The molecule has 0 aliphatic carbocycles. The third-order valence-electron chi connectivity index (χ3n) is 3.06. The molecule has 2 aromatic rings. The number of benzene rings is 2. The van der Waals surface area contributed by atoms with Crippen LogP contribution in [0.2, 0.25) is 0 Å². The Morgan fingerprint density at radius 1 is 0.640 bits per heavy atom. The standard InChI is InChI=1S/C15H7F9O/c16-13(17,18)8-5-6-9(11(7-8)14(19,20)21)10-3-1-2-4-12(10)25-15(22,23)24/h1-7H. The van der Waals surface area contributed by atoms with Crippen LogP contribution in [0.15, 0.2) is 42.5 Å². The van der Waals surface area contributed by atoms with E-state index in [0.717, 1.165) is 24.3 Å². The van der Waals surface area contributed by atoms with E-state index in [-0.39, 0.29) is 6.07 Å². The van der Waals surface area contributed by atoms with Gasteiger partial charge in [0.25, 0.3) is 0 Å². The average molecular weight is 374 g/mol. The zero-order chi connectivity index (χ0) is 19.0. The highest BCUT2D eigenvalue weighted by atomic mass is 19.4. The number of alkyl halides is 9. The van der Waals surface area contributed by atoms with Gasteiger partial charge in [-0.25, -0.2) is 0 Å². The summed E-state index contributed by atoms with van der Waals surface area (Å²) in [6, 6.07) is 4.54. The van der Waals surface area contributed by atoms with Gasteiger partial charge in [-0.05, 0) is 23.8 Å². The molecule has 0 fully saturated rings. The van der Waals surface area contributed by atoms with Crippen LogP contribution in [-0.4, -0.2) is 6.36 Å². The van der Waals surface area contributed by atoms with Crippen LogP contribution in [0.1, 0.15) is 11.1 Å². The number of ether oxygens (including phenoxy) is 1. The highest BCUT2D eigenvalue weighted by molar-refractivity contribution is 5.74. The lowest BCUT2D eigenvalue weighted by Crippen LogP contribution is -2.18. The predicted molar refractivity (Wildman–Crippen MR) is 68.6 cm³/mol. The van der Waals surface area contributed by atoms with E-state index in [1.54, 1.807) is 0 Å². The van der Waals surface area contributed by atoms with Crippen LogP contribution in [0.4, 0.5) is 39.5 Å². The molecule has 0 spiro atoms. The summed E-state index contributed by atoms with van der Waals surface area (Å²) in [5.41, 5.74) is -4.79. The lowest BCUT2D eigenvalue weighted by atomic mass is 9.96. The second-order valence-corrected chi connectivity index (χ2v) is 4.80. The Kier molecular flexibility index (Phi) is 4.67. The van der Waals surface area contributed by atoms with Crippen molar-refractivity contribution in [2.45, 2.75) is 18.7 Å². The molecule has 0 aliphatic rings. The topological polar surface area (TPSA) is 9.23 Å². The molecule has 0 heterocycles. The van der Waals surface area contributed by atoms with Gasteiger partial charge < -0.3 is 4.74 Å². The van der Waals surface area contributed by atoms with E-state index < -0.39 is 46.7 Å². The first kappa shape index (κ1) is 18.9. The number of hydrogen-bond acceptors (Lipinski definition) is 1. The van der Waals surface area contributed by atoms with E-state index >= 15 is 0 Å². The maximum atomic E-state index is 13.1. The van der Waals surface area contributed by atoms with E-state index in [1.165, 1.54) is 0 Å². The van der Waals surface area contributed by atoms with Crippen molar-refractivity contribution in [1.82, 2.24) is 0 Å². The van der Waals surface area contributed by atoms with Gasteiger partial charge in [-0.15, -0.1) is 13.2 Å². The van der Waals surface area contributed by atoms with Crippen molar-refractivity contribution < 1.29 is 44.3 Å². The van der Waals surface area contributed by atoms with Crippen LogP contribution in [0.5, 0.6) is 5.75 Å². The molecule has 0 radical (unpaired) electrons. The van der Waals surface area contributed by atoms with Crippen molar-refractivity contribution >= 4 is 0 Å². The lowest BCUT2D eigenvalue weighted by molar-refractivity contribution is -0.274. The third kappa shape index (κ3) is 4.58. The molecule has 0 saturated carbocycles. The van der Waals surface area contributed by atoms with E-state index in [4.69, 9.17) is 0 Å². The van der Waals surface area contributed by atoms with Gasteiger partial charge in [0.1, 0.15) is 5.75 Å². The first-order valence-electron chi connectivity index (χ1n) is 6.42. The van der Waals surface area contributed by atoms with Gasteiger partial charge in [-0.2, -0.15) is 26.3 Å². The Morgan fingerprint density at radius 2 is 1.24 bits per heavy atom. The molecule has 0 amide bonds. The van der Waals surface area contributed by atoms with Gasteiger partial charge in [0.15, 0.2) is 0 Å². The first-order chi connectivity index (χ1) is 11.3. The molecular formula is C15H7F9O. The average Bonchev–Trinajstić information content (AvgIpc) is 2.43. The van der Waals surface area contributed by atoms with Crippen LogP contribution in [-0.2, 0) is 12.4 Å². The van der Waals surface area contributed by atoms with Gasteiger partial charge in [-0.1, -0.05) is 24.3 Å².